The van der Waals surface area contributed by atoms with Crippen LogP contribution in [0.25, 0.3) is 0 Å². The summed E-state index contributed by atoms with van der Waals surface area (Å²) in [5.41, 5.74) is 2.12. The number of ether oxygens (including phenoxy) is 2. The van der Waals surface area contributed by atoms with E-state index in [9.17, 15) is 13.2 Å². The third-order valence-electron chi connectivity index (χ3n) is 4.12. The fraction of sp³-hybridized carbons (Fsp3) is 0.381. The lowest BCUT2D eigenvalue weighted by Gasteiger charge is -2.11. The van der Waals surface area contributed by atoms with Gasteiger partial charge in [0.1, 0.15) is 5.75 Å². The SMILES string of the molecule is CCOCc1ccccc1CNC(=O)CCCOc1ccc(S(C)(=O)=O)cc1. The van der Waals surface area contributed by atoms with Crippen LogP contribution in [0.5, 0.6) is 5.75 Å². The molecule has 0 saturated heterocycles. The molecule has 2 rings (SSSR count). The zero-order valence-electron chi connectivity index (χ0n) is 16.3. The van der Waals surface area contributed by atoms with Gasteiger partial charge >= 0.3 is 0 Å². The molecule has 152 valence electrons. The van der Waals surface area contributed by atoms with Gasteiger partial charge in [-0.3, -0.25) is 4.79 Å². The molecule has 0 radical (unpaired) electrons. The second-order valence-electron chi connectivity index (χ2n) is 6.38. The Bertz CT molecular complexity index is 863. The van der Waals surface area contributed by atoms with Crippen molar-refractivity contribution in [2.75, 3.05) is 19.5 Å². The molecule has 7 heteroatoms. The van der Waals surface area contributed by atoms with Gasteiger partial charge in [0.05, 0.1) is 18.1 Å². The van der Waals surface area contributed by atoms with E-state index in [4.69, 9.17) is 9.47 Å². The minimum absolute atomic E-state index is 0.0396. The zero-order valence-corrected chi connectivity index (χ0v) is 17.1. The minimum atomic E-state index is -3.21. The molecule has 0 heterocycles. The molecule has 2 aromatic carbocycles. The molecule has 2 aromatic rings. The van der Waals surface area contributed by atoms with Crippen LogP contribution in [0.3, 0.4) is 0 Å². The van der Waals surface area contributed by atoms with E-state index in [2.05, 4.69) is 5.32 Å². The van der Waals surface area contributed by atoms with Crippen LogP contribution in [0, 0.1) is 0 Å². The first-order valence-corrected chi connectivity index (χ1v) is 11.1. The van der Waals surface area contributed by atoms with Gasteiger partial charge in [-0.05, 0) is 48.7 Å². The number of amides is 1. The summed E-state index contributed by atoms with van der Waals surface area (Å²) in [5.74, 6) is 0.542. The first kappa shape index (κ1) is 21.9. The highest BCUT2D eigenvalue weighted by Crippen LogP contribution is 2.16. The molecule has 0 bridgehead atoms. The Balaban J connectivity index is 1.71. The maximum Gasteiger partial charge on any atom is 0.220 e. The second-order valence-corrected chi connectivity index (χ2v) is 8.39. The van der Waals surface area contributed by atoms with Gasteiger partial charge in [-0.15, -0.1) is 0 Å². The van der Waals surface area contributed by atoms with Crippen molar-refractivity contribution in [2.45, 2.75) is 37.8 Å². The Kier molecular flexibility index (Phi) is 8.47. The van der Waals surface area contributed by atoms with Crippen LogP contribution in [0.4, 0.5) is 0 Å². The Morgan fingerprint density at radius 2 is 1.71 bits per heavy atom. The fourth-order valence-corrected chi connectivity index (χ4v) is 3.20. The van der Waals surface area contributed by atoms with Crippen LogP contribution in [0.2, 0.25) is 0 Å². The summed E-state index contributed by atoms with van der Waals surface area (Å²) >= 11 is 0. The summed E-state index contributed by atoms with van der Waals surface area (Å²) < 4.78 is 33.9. The first-order chi connectivity index (χ1) is 13.4. The van der Waals surface area contributed by atoms with Gasteiger partial charge in [-0.2, -0.15) is 0 Å². The molecule has 28 heavy (non-hydrogen) atoms. The summed E-state index contributed by atoms with van der Waals surface area (Å²) in [5, 5.41) is 2.92. The zero-order chi connectivity index (χ0) is 20.4. The largest absolute Gasteiger partial charge is 0.494 e. The van der Waals surface area contributed by atoms with E-state index >= 15 is 0 Å². The van der Waals surface area contributed by atoms with E-state index in [1.807, 2.05) is 31.2 Å². The van der Waals surface area contributed by atoms with E-state index in [0.717, 1.165) is 17.4 Å². The summed E-state index contributed by atoms with van der Waals surface area (Å²) in [4.78, 5) is 12.3. The van der Waals surface area contributed by atoms with E-state index in [1.54, 1.807) is 12.1 Å². The van der Waals surface area contributed by atoms with Gasteiger partial charge in [-0.1, -0.05) is 24.3 Å². The second kappa shape index (κ2) is 10.8. The highest BCUT2D eigenvalue weighted by Gasteiger charge is 2.07. The summed E-state index contributed by atoms with van der Waals surface area (Å²) in [7, 11) is -3.21. The fourth-order valence-electron chi connectivity index (χ4n) is 2.57. The number of carbonyl (C=O) groups is 1. The maximum absolute atomic E-state index is 12.0. The Hall–Kier alpha value is -2.38. The minimum Gasteiger partial charge on any atom is -0.494 e. The first-order valence-electron chi connectivity index (χ1n) is 9.24. The Morgan fingerprint density at radius 1 is 1.04 bits per heavy atom. The van der Waals surface area contributed by atoms with Crippen LogP contribution in [0.1, 0.15) is 30.9 Å². The quantitative estimate of drug-likeness (QED) is 0.581. The van der Waals surface area contributed by atoms with Crippen LogP contribution >= 0.6 is 0 Å². The number of carbonyl (C=O) groups excluding carboxylic acids is 1. The monoisotopic (exact) mass is 405 g/mol. The van der Waals surface area contributed by atoms with Gasteiger partial charge in [0, 0.05) is 25.8 Å². The molecule has 0 aliphatic heterocycles. The number of rotatable bonds is 11. The molecular formula is C21H27NO5S. The van der Waals surface area contributed by atoms with Crippen LogP contribution < -0.4 is 10.1 Å². The Labute approximate surface area is 166 Å². The van der Waals surface area contributed by atoms with Crippen molar-refractivity contribution in [3.63, 3.8) is 0 Å². The van der Waals surface area contributed by atoms with Gasteiger partial charge in [0.15, 0.2) is 9.84 Å². The molecule has 0 atom stereocenters. The van der Waals surface area contributed by atoms with Crippen LogP contribution in [-0.2, 0) is 32.5 Å². The van der Waals surface area contributed by atoms with Crippen molar-refractivity contribution in [3.8, 4) is 5.75 Å². The molecule has 0 unspecified atom stereocenters. The average molecular weight is 406 g/mol. The van der Waals surface area contributed by atoms with Gasteiger partial charge in [-0.25, -0.2) is 8.42 Å². The van der Waals surface area contributed by atoms with Crippen LogP contribution in [-0.4, -0.2) is 33.8 Å². The highest BCUT2D eigenvalue weighted by molar-refractivity contribution is 7.90. The molecule has 0 aliphatic carbocycles. The standard InChI is InChI=1S/C21H27NO5S/c1-3-26-16-18-8-5-4-7-17(18)15-22-21(23)9-6-14-27-19-10-12-20(13-11-19)28(2,24)25/h4-5,7-8,10-13H,3,6,9,14-16H2,1-2H3,(H,22,23). The number of hydrogen-bond acceptors (Lipinski definition) is 5. The number of nitrogens with one attached hydrogen (secondary N) is 1. The summed E-state index contributed by atoms with van der Waals surface area (Å²) in [6, 6.07) is 14.1. The van der Waals surface area contributed by atoms with Crippen molar-refractivity contribution < 1.29 is 22.7 Å². The van der Waals surface area contributed by atoms with Gasteiger partial charge in [0.2, 0.25) is 5.91 Å². The molecule has 0 fully saturated rings. The Morgan fingerprint density at radius 3 is 2.36 bits per heavy atom. The molecule has 1 N–H and O–H groups in total. The normalized spacial score (nSPS) is 11.2. The summed E-state index contributed by atoms with van der Waals surface area (Å²) in [6.45, 7) is 3.99. The number of sulfone groups is 1. The van der Waals surface area contributed by atoms with Crippen molar-refractivity contribution in [1.82, 2.24) is 5.32 Å². The van der Waals surface area contributed by atoms with Crippen molar-refractivity contribution >= 4 is 15.7 Å². The van der Waals surface area contributed by atoms with Crippen molar-refractivity contribution in [3.05, 3.63) is 59.7 Å². The molecule has 6 nitrogen and oxygen atoms in total. The lowest BCUT2D eigenvalue weighted by atomic mass is 10.1. The van der Waals surface area contributed by atoms with Crippen molar-refractivity contribution in [1.29, 1.82) is 0 Å². The maximum atomic E-state index is 12.0. The molecule has 0 saturated carbocycles. The molecule has 0 spiro atoms. The van der Waals surface area contributed by atoms with Gasteiger partial charge in [0.25, 0.3) is 0 Å². The van der Waals surface area contributed by atoms with Crippen molar-refractivity contribution in [2.24, 2.45) is 0 Å². The predicted molar refractivity (Wildman–Crippen MR) is 108 cm³/mol. The molecular weight excluding hydrogens is 378 g/mol. The van der Waals surface area contributed by atoms with E-state index in [1.165, 1.54) is 12.1 Å². The molecule has 0 aliphatic rings. The molecule has 0 aromatic heterocycles. The topological polar surface area (TPSA) is 81.7 Å². The molecule has 1 amide bonds. The third-order valence-corrected chi connectivity index (χ3v) is 5.25. The van der Waals surface area contributed by atoms with E-state index in [-0.39, 0.29) is 10.8 Å². The smallest absolute Gasteiger partial charge is 0.220 e. The number of hydrogen-bond donors (Lipinski definition) is 1. The predicted octanol–water partition coefficient (Wildman–Crippen LogP) is 3.10. The van der Waals surface area contributed by atoms with E-state index in [0.29, 0.717) is 45.0 Å². The lowest BCUT2D eigenvalue weighted by molar-refractivity contribution is -0.121. The highest BCUT2D eigenvalue weighted by atomic mass is 32.2. The summed E-state index contributed by atoms with van der Waals surface area (Å²) in [6.07, 6.45) is 2.09. The van der Waals surface area contributed by atoms with E-state index < -0.39 is 9.84 Å². The third kappa shape index (κ3) is 7.32. The lowest BCUT2D eigenvalue weighted by Crippen LogP contribution is -2.23. The number of benzene rings is 2. The average Bonchev–Trinajstić information content (AvgIpc) is 2.68. The van der Waals surface area contributed by atoms with Gasteiger partial charge < -0.3 is 14.8 Å². The van der Waals surface area contributed by atoms with Crippen LogP contribution in [0.15, 0.2) is 53.4 Å².